The number of hydrogen-bond acceptors (Lipinski definition) is 2. The standard InChI is InChI=1S/C9H9F2NO/c10-9(11)13-7-3-1-6(2-4-7)8-5-12-8/h1-4,8-9,12H,5H2/t8-/m1/s1. The van der Waals surface area contributed by atoms with E-state index in [1.165, 1.54) is 0 Å². The molecule has 0 spiro atoms. The molecule has 13 heavy (non-hydrogen) atoms. The van der Waals surface area contributed by atoms with Crippen molar-refractivity contribution in [2.75, 3.05) is 6.54 Å². The highest BCUT2D eigenvalue weighted by atomic mass is 19.3. The van der Waals surface area contributed by atoms with E-state index in [9.17, 15) is 8.78 Å². The topological polar surface area (TPSA) is 31.2 Å². The van der Waals surface area contributed by atoms with Crippen LogP contribution in [0.15, 0.2) is 24.3 Å². The van der Waals surface area contributed by atoms with Gasteiger partial charge in [0.05, 0.1) is 0 Å². The van der Waals surface area contributed by atoms with Crippen LogP contribution in [-0.2, 0) is 0 Å². The molecule has 2 nitrogen and oxygen atoms in total. The van der Waals surface area contributed by atoms with Crippen molar-refractivity contribution in [2.45, 2.75) is 12.7 Å². The Morgan fingerprint density at radius 2 is 1.92 bits per heavy atom. The highest BCUT2D eigenvalue weighted by Crippen LogP contribution is 2.24. The molecule has 1 aromatic rings. The third-order valence-corrected chi connectivity index (χ3v) is 1.92. The van der Waals surface area contributed by atoms with Gasteiger partial charge in [0.15, 0.2) is 0 Å². The number of nitrogens with one attached hydrogen (secondary N) is 1. The normalized spacial score (nSPS) is 20.4. The van der Waals surface area contributed by atoms with Gasteiger partial charge in [0.25, 0.3) is 0 Å². The highest BCUT2D eigenvalue weighted by Gasteiger charge is 2.21. The quantitative estimate of drug-likeness (QED) is 0.729. The molecular weight excluding hydrogens is 176 g/mol. The molecule has 0 bridgehead atoms. The average Bonchev–Trinajstić information content (AvgIpc) is 2.87. The molecule has 1 aliphatic heterocycles. The van der Waals surface area contributed by atoms with E-state index in [-0.39, 0.29) is 5.75 Å². The first-order valence-corrected chi connectivity index (χ1v) is 4.04. The Hall–Kier alpha value is -1.16. The molecule has 1 aliphatic rings. The smallest absolute Gasteiger partial charge is 0.387 e. The molecule has 0 saturated carbocycles. The van der Waals surface area contributed by atoms with Gasteiger partial charge in [0.2, 0.25) is 0 Å². The molecule has 1 heterocycles. The fourth-order valence-electron chi connectivity index (χ4n) is 1.18. The largest absolute Gasteiger partial charge is 0.435 e. The number of halogens is 2. The van der Waals surface area contributed by atoms with Crippen molar-refractivity contribution < 1.29 is 13.5 Å². The molecule has 4 heteroatoms. The zero-order valence-corrected chi connectivity index (χ0v) is 6.84. The third-order valence-electron chi connectivity index (χ3n) is 1.92. The van der Waals surface area contributed by atoms with Crippen molar-refractivity contribution in [1.82, 2.24) is 5.32 Å². The number of hydrogen-bond donors (Lipinski definition) is 1. The number of benzene rings is 1. The Morgan fingerprint density at radius 1 is 1.31 bits per heavy atom. The van der Waals surface area contributed by atoms with Gasteiger partial charge in [-0.3, -0.25) is 0 Å². The van der Waals surface area contributed by atoms with Crippen molar-refractivity contribution in [3.63, 3.8) is 0 Å². The fraction of sp³-hybridized carbons (Fsp3) is 0.333. The second kappa shape index (κ2) is 3.30. The molecule has 1 saturated heterocycles. The average molecular weight is 185 g/mol. The van der Waals surface area contributed by atoms with Crippen LogP contribution in [0.1, 0.15) is 11.6 Å². The predicted octanol–water partition coefficient (Wildman–Crippen LogP) is 1.93. The Labute approximate surface area is 74.5 Å². The van der Waals surface area contributed by atoms with Gasteiger partial charge in [-0.1, -0.05) is 12.1 Å². The van der Waals surface area contributed by atoms with Gasteiger partial charge in [0.1, 0.15) is 5.75 Å². The Balaban J connectivity index is 2.04. The maximum atomic E-state index is 11.8. The molecule has 2 rings (SSSR count). The lowest BCUT2D eigenvalue weighted by molar-refractivity contribution is -0.0498. The minimum absolute atomic E-state index is 0.208. The van der Waals surface area contributed by atoms with Gasteiger partial charge in [-0.2, -0.15) is 8.78 Å². The summed E-state index contributed by atoms with van der Waals surface area (Å²) < 4.78 is 27.7. The van der Waals surface area contributed by atoms with Crippen LogP contribution in [0.3, 0.4) is 0 Å². The number of alkyl halides is 2. The third kappa shape index (κ3) is 2.15. The lowest BCUT2D eigenvalue weighted by Crippen LogP contribution is -2.01. The summed E-state index contributed by atoms with van der Waals surface area (Å²) in [5, 5.41) is 3.12. The van der Waals surface area contributed by atoms with E-state index in [4.69, 9.17) is 0 Å². The summed E-state index contributed by atoms with van der Waals surface area (Å²) in [4.78, 5) is 0. The van der Waals surface area contributed by atoms with Gasteiger partial charge >= 0.3 is 6.61 Å². The summed E-state index contributed by atoms with van der Waals surface area (Å²) in [7, 11) is 0. The Kier molecular flexibility index (Phi) is 2.14. The van der Waals surface area contributed by atoms with Crippen molar-refractivity contribution in [3.8, 4) is 5.75 Å². The molecule has 1 atom stereocenters. The van der Waals surface area contributed by atoms with Crippen LogP contribution in [-0.4, -0.2) is 13.2 Å². The van der Waals surface area contributed by atoms with E-state index in [0.29, 0.717) is 6.04 Å². The van der Waals surface area contributed by atoms with Crippen LogP contribution in [0.5, 0.6) is 5.75 Å². The molecule has 0 amide bonds. The zero-order valence-electron chi connectivity index (χ0n) is 6.84. The SMILES string of the molecule is FC(F)Oc1ccc([C@H]2CN2)cc1. The van der Waals surface area contributed by atoms with Crippen LogP contribution in [0, 0.1) is 0 Å². The molecule has 1 fully saturated rings. The van der Waals surface area contributed by atoms with Crippen molar-refractivity contribution in [1.29, 1.82) is 0 Å². The lowest BCUT2D eigenvalue weighted by Gasteiger charge is -2.04. The van der Waals surface area contributed by atoms with Crippen LogP contribution in [0.2, 0.25) is 0 Å². The Morgan fingerprint density at radius 3 is 2.38 bits per heavy atom. The predicted molar refractivity (Wildman–Crippen MR) is 43.8 cm³/mol. The van der Waals surface area contributed by atoms with Crippen LogP contribution < -0.4 is 10.1 Å². The minimum Gasteiger partial charge on any atom is -0.435 e. The second-order valence-electron chi connectivity index (χ2n) is 2.91. The summed E-state index contributed by atoms with van der Waals surface area (Å²) >= 11 is 0. The first-order valence-electron chi connectivity index (χ1n) is 4.04. The highest BCUT2D eigenvalue weighted by molar-refractivity contribution is 5.31. The van der Waals surface area contributed by atoms with Crippen LogP contribution in [0.4, 0.5) is 8.78 Å². The molecule has 0 radical (unpaired) electrons. The molecule has 0 unspecified atom stereocenters. The van der Waals surface area contributed by atoms with Crippen LogP contribution >= 0.6 is 0 Å². The van der Waals surface area contributed by atoms with E-state index in [1.54, 1.807) is 24.3 Å². The van der Waals surface area contributed by atoms with Crippen molar-refractivity contribution >= 4 is 0 Å². The van der Waals surface area contributed by atoms with E-state index < -0.39 is 6.61 Å². The molecule has 0 aromatic heterocycles. The fourth-order valence-corrected chi connectivity index (χ4v) is 1.18. The molecular formula is C9H9F2NO. The monoisotopic (exact) mass is 185 g/mol. The second-order valence-corrected chi connectivity index (χ2v) is 2.91. The zero-order chi connectivity index (χ0) is 9.26. The Bertz CT molecular complexity index is 282. The van der Waals surface area contributed by atoms with Crippen molar-refractivity contribution in [3.05, 3.63) is 29.8 Å². The summed E-state index contributed by atoms with van der Waals surface area (Å²) in [6.45, 7) is -1.78. The van der Waals surface area contributed by atoms with Gasteiger partial charge in [-0.15, -0.1) is 0 Å². The van der Waals surface area contributed by atoms with E-state index >= 15 is 0 Å². The van der Waals surface area contributed by atoms with Crippen molar-refractivity contribution in [2.24, 2.45) is 0 Å². The van der Waals surface area contributed by atoms with Gasteiger partial charge in [-0.25, -0.2) is 0 Å². The number of rotatable bonds is 3. The summed E-state index contributed by atoms with van der Waals surface area (Å²) in [6.07, 6.45) is 0. The van der Waals surface area contributed by atoms with Gasteiger partial charge in [0, 0.05) is 12.6 Å². The van der Waals surface area contributed by atoms with E-state index in [1.807, 2.05) is 0 Å². The summed E-state index contributed by atoms with van der Waals surface area (Å²) in [5.74, 6) is 0.208. The first kappa shape index (κ1) is 8.44. The first-order chi connectivity index (χ1) is 6.25. The molecule has 0 aliphatic carbocycles. The maximum Gasteiger partial charge on any atom is 0.387 e. The molecule has 70 valence electrons. The minimum atomic E-state index is -2.75. The van der Waals surface area contributed by atoms with Gasteiger partial charge < -0.3 is 10.1 Å². The van der Waals surface area contributed by atoms with Crippen LogP contribution in [0.25, 0.3) is 0 Å². The maximum absolute atomic E-state index is 11.8. The number of ether oxygens (including phenoxy) is 1. The summed E-state index contributed by atoms with van der Waals surface area (Å²) in [6, 6.07) is 7.11. The lowest BCUT2D eigenvalue weighted by atomic mass is 10.1. The molecule has 1 aromatic carbocycles. The van der Waals surface area contributed by atoms with E-state index in [0.717, 1.165) is 12.1 Å². The summed E-state index contributed by atoms with van der Waals surface area (Å²) in [5.41, 5.74) is 1.11. The molecule has 1 N–H and O–H groups in total. The van der Waals surface area contributed by atoms with E-state index in [2.05, 4.69) is 10.1 Å². The van der Waals surface area contributed by atoms with Gasteiger partial charge in [-0.05, 0) is 17.7 Å².